The van der Waals surface area contributed by atoms with Crippen LogP contribution < -0.4 is 5.73 Å². The third kappa shape index (κ3) is 3.51. The first-order valence-electron chi connectivity index (χ1n) is 4.97. The largest absolute Gasteiger partial charge is 0.480 e. The first kappa shape index (κ1) is 14.9. The highest BCUT2D eigenvalue weighted by Gasteiger charge is 2.13. The van der Waals surface area contributed by atoms with E-state index in [0.717, 1.165) is 11.1 Å². The van der Waals surface area contributed by atoms with E-state index in [4.69, 9.17) is 10.8 Å². The maximum Gasteiger partial charge on any atom is 0.320 e. The van der Waals surface area contributed by atoms with Crippen LogP contribution in [0.5, 0.6) is 0 Å². The summed E-state index contributed by atoms with van der Waals surface area (Å²) in [6, 6.07) is 3.28. The number of aryl methyl sites for hydroxylation is 3. The minimum absolute atomic E-state index is 0. The van der Waals surface area contributed by atoms with Crippen molar-refractivity contribution in [1.82, 2.24) is 0 Å². The Morgan fingerprint density at radius 1 is 1.25 bits per heavy atom. The van der Waals surface area contributed by atoms with Gasteiger partial charge in [0.05, 0.1) is 0 Å². The summed E-state index contributed by atoms with van der Waals surface area (Å²) in [6.45, 7) is 6.05. The molecule has 3 N–H and O–H groups in total. The molecule has 1 atom stereocenters. The Bertz CT molecular complexity index is 391. The third-order valence-electron chi connectivity index (χ3n) is 2.71. The molecule has 0 aliphatic rings. The Balaban J connectivity index is 0.00000225. The summed E-state index contributed by atoms with van der Waals surface area (Å²) in [5.74, 6) is -0.951. The van der Waals surface area contributed by atoms with Crippen LogP contribution in [0.1, 0.15) is 22.3 Å². The zero-order chi connectivity index (χ0) is 11.6. The van der Waals surface area contributed by atoms with E-state index in [9.17, 15) is 4.79 Å². The fourth-order valence-corrected chi connectivity index (χ4v) is 1.56. The van der Waals surface area contributed by atoms with Gasteiger partial charge in [0.25, 0.3) is 0 Å². The molecule has 0 unspecified atom stereocenters. The molecule has 1 aromatic carbocycles. The van der Waals surface area contributed by atoms with Crippen LogP contribution in [-0.2, 0) is 11.2 Å². The molecular weight excluding hydrogens is 226 g/mol. The van der Waals surface area contributed by atoms with Crippen LogP contribution in [0, 0.1) is 20.8 Å². The highest BCUT2D eigenvalue weighted by molar-refractivity contribution is 5.85. The van der Waals surface area contributed by atoms with Gasteiger partial charge in [-0.2, -0.15) is 0 Å². The van der Waals surface area contributed by atoms with Gasteiger partial charge in [0.1, 0.15) is 6.04 Å². The zero-order valence-corrected chi connectivity index (χ0v) is 10.6. The lowest BCUT2D eigenvalue weighted by molar-refractivity contribution is -0.138. The van der Waals surface area contributed by atoms with Gasteiger partial charge in [-0.25, -0.2) is 0 Å². The lowest BCUT2D eigenvalue weighted by atomic mass is 9.96. The van der Waals surface area contributed by atoms with Crippen molar-refractivity contribution in [2.45, 2.75) is 33.2 Å². The molecule has 0 saturated heterocycles. The minimum Gasteiger partial charge on any atom is -0.480 e. The van der Waals surface area contributed by atoms with Gasteiger partial charge >= 0.3 is 5.97 Å². The number of nitrogens with two attached hydrogens (primary N) is 1. The summed E-state index contributed by atoms with van der Waals surface area (Å²) in [6.07, 6.45) is 0.391. The Labute approximate surface area is 102 Å². The molecule has 0 saturated carbocycles. The van der Waals surface area contributed by atoms with E-state index in [1.54, 1.807) is 0 Å². The average molecular weight is 244 g/mol. The molecule has 0 radical (unpaired) electrons. The molecule has 0 aromatic heterocycles. The number of aliphatic carboxylic acids is 1. The molecule has 16 heavy (non-hydrogen) atoms. The summed E-state index contributed by atoms with van der Waals surface area (Å²) in [7, 11) is 0. The lowest BCUT2D eigenvalue weighted by Crippen LogP contribution is -2.32. The predicted octanol–water partition coefficient (Wildman–Crippen LogP) is 1.99. The summed E-state index contributed by atoms with van der Waals surface area (Å²) in [5, 5.41) is 8.73. The molecule has 0 heterocycles. The molecule has 0 spiro atoms. The van der Waals surface area contributed by atoms with Crippen LogP contribution in [-0.4, -0.2) is 17.1 Å². The molecular formula is C12H18ClNO2. The van der Waals surface area contributed by atoms with E-state index in [2.05, 4.69) is 6.07 Å². The highest BCUT2D eigenvalue weighted by Crippen LogP contribution is 2.16. The van der Waals surface area contributed by atoms with Gasteiger partial charge in [0, 0.05) is 0 Å². The topological polar surface area (TPSA) is 63.3 Å². The molecule has 1 rings (SSSR count). The fraction of sp³-hybridized carbons (Fsp3) is 0.417. The van der Waals surface area contributed by atoms with Crippen molar-refractivity contribution in [3.63, 3.8) is 0 Å². The molecule has 1 aromatic rings. The van der Waals surface area contributed by atoms with Gasteiger partial charge in [-0.05, 0) is 49.4 Å². The summed E-state index contributed by atoms with van der Waals surface area (Å²) in [5.41, 5.74) is 10.0. The van der Waals surface area contributed by atoms with Crippen molar-refractivity contribution in [1.29, 1.82) is 0 Å². The van der Waals surface area contributed by atoms with Gasteiger partial charge in [-0.15, -0.1) is 12.4 Å². The van der Waals surface area contributed by atoms with Crippen LogP contribution in [0.4, 0.5) is 0 Å². The minimum atomic E-state index is -0.951. The van der Waals surface area contributed by atoms with Gasteiger partial charge in [0.15, 0.2) is 0 Å². The molecule has 0 fully saturated rings. The number of benzene rings is 1. The first-order valence-corrected chi connectivity index (χ1v) is 4.97. The van der Waals surface area contributed by atoms with E-state index in [-0.39, 0.29) is 12.4 Å². The number of carboxylic acid groups (broad SMARTS) is 1. The Morgan fingerprint density at radius 3 is 2.25 bits per heavy atom. The normalized spacial score (nSPS) is 11.8. The van der Waals surface area contributed by atoms with E-state index in [1.165, 1.54) is 11.1 Å². The number of hydrogen-bond acceptors (Lipinski definition) is 2. The SMILES string of the molecule is Cc1cc(C)c(C[C@H](N)C(=O)O)cc1C.Cl. The second-order valence-electron chi connectivity index (χ2n) is 4.01. The second-order valence-corrected chi connectivity index (χ2v) is 4.01. The van der Waals surface area contributed by atoms with Crippen LogP contribution >= 0.6 is 12.4 Å². The third-order valence-corrected chi connectivity index (χ3v) is 2.71. The van der Waals surface area contributed by atoms with Crippen molar-refractivity contribution in [3.8, 4) is 0 Å². The van der Waals surface area contributed by atoms with E-state index < -0.39 is 12.0 Å². The molecule has 0 bridgehead atoms. The molecule has 3 nitrogen and oxygen atoms in total. The van der Waals surface area contributed by atoms with E-state index in [0.29, 0.717) is 6.42 Å². The highest BCUT2D eigenvalue weighted by atomic mass is 35.5. The zero-order valence-electron chi connectivity index (χ0n) is 9.78. The van der Waals surface area contributed by atoms with Gasteiger partial charge in [0.2, 0.25) is 0 Å². The van der Waals surface area contributed by atoms with Crippen molar-refractivity contribution < 1.29 is 9.90 Å². The molecule has 90 valence electrons. The maximum atomic E-state index is 10.6. The lowest BCUT2D eigenvalue weighted by Gasteiger charge is -2.12. The van der Waals surface area contributed by atoms with Crippen molar-refractivity contribution in [3.05, 3.63) is 34.4 Å². The second kappa shape index (κ2) is 5.87. The number of carbonyl (C=O) groups is 1. The van der Waals surface area contributed by atoms with Gasteiger partial charge in [-0.3, -0.25) is 4.79 Å². The number of halogens is 1. The molecule has 0 aliphatic heterocycles. The Kier molecular flexibility index (Phi) is 5.48. The van der Waals surface area contributed by atoms with Gasteiger partial charge < -0.3 is 10.8 Å². The monoisotopic (exact) mass is 243 g/mol. The average Bonchev–Trinajstić information content (AvgIpc) is 2.13. The van der Waals surface area contributed by atoms with Crippen LogP contribution in [0.2, 0.25) is 0 Å². The van der Waals surface area contributed by atoms with E-state index in [1.807, 2.05) is 26.8 Å². The Hall–Kier alpha value is -1.06. The van der Waals surface area contributed by atoms with Crippen molar-refractivity contribution in [2.75, 3.05) is 0 Å². The first-order chi connectivity index (χ1) is 6.91. The standard InChI is InChI=1S/C12H17NO2.ClH/c1-7-4-9(3)10(5-8(7)2)6-11(13)12(14)15;/h4-5,11H,6,13H2,1-3H3,(H,14,15);1H/t11-;/m0./s1. The summed E-state index contributed by atoms with van der Waals surface area (Å²) in [4.78, 5) is 10.6. The van der Waals surface area contributed by atoms with Crippen LogP contribution in [0.25, 0.3) is 0 Å². The Morgan fingerprint density at radius 2 is 1.75 bits per heavy atom. The fourth-order valence-electron chi connectivity index (χ4n) is 1.56. The smallest absolute Gasteiger partial charge is 0.320 e. The van der Waals surface area contributed by atoms with Crippen LogP contribution in [0.3, 0.4) is 0 Å². The van der Waals surface area contributed by atoms with E-state index >= 15 is 0 Å². The number of carboxylic acids is 1. The predicted molar refractivity (Wildman–Crippen MR) is 67.2 cm³/mol. The molecule has 0 aliphatic carbocycles. The van der Waals surface area contributed by atoms with Crippen molar-refractivity contribution >= 4 is 18.4 Å². The quantitative estimate of drug-likeness (QED) is 0.854. The number of rotatable bonds is 3. The summed E-state index contributed by atoms with van der Waals surface area (Å²) < 4.78 is 0. The van der Waals surface area contributed by atoms with Crippen LogP contribution in [0.15, 0.2) is 12.1 Å². The maximum absolute atomic E-state index is 10.6. The summed E-state index contributed by atoms with van der Waals surface area (Å²) >= 11 is 0. The molecule has 0 amide bonds. The van der Waals surface area contributed by atoms with Gasteiger partial charge in [-0.1, -0.05) is 12.1 Å². The number of hydrogen-bond donors (Lipinski definition) is 2. The molecule has 4 heteroatoms. The van der Waals surface area contributed by atoms with Crippen molar-refractivity contribution in [2.24, 2.45) is 5.73 Å².